The van der Waals surface area contributed by atoms with Crippen LogP contribution in [0.3, 0.4) is 0 Å². The fraction of sp³-hybridized carbons (Fsp3) is 0.538. The predicted octanol–water partition coefficient (Wildman–Crippen LogP) is 2.57. The molecule has 86 valence electrons. The Morgan fingerprint density at radius 3 is 2.75 bits per heavy atom. The van der Waals surface area contributed by atoms with E-state index in [0.29, 0.717) is 11.8 Å². The summed E-state index contributed by atoms with van der Waals surface area (Å²) >= 11 is 0. The highest BCUT2D eigenvalue weighted by Crippen LogP contribution is 2.52. The van der Waals surface area contributed by atoms with Crippen molar-refractivity contribution in [2.24, 2.45) is 0 Å². The summed E-state index contributed by atoms with van der Waals surface area (Å²) in [5.74, 6) is 0.393. The Morgan fingerprint density at radius 1 is 1.38 bits per heavy atom. The summed E-state index contributed by atoms with van der Waals surface area (Å²) in [5.41, 5.74) is 2.31. The zero-order valence-corrected chi connectivity index (χ0v) is 9.83. The average Bonchev–Trinajstić information content (AvgIpc) is 2.99. The Kier molecular flexibility index (Phi) is 1.88. The SMILES string of the molecule is CC(C)N1c2c(O)cccc2NCC12CC2. The van der Waals surface area contributed by atoms with Gasteiger partial charge in [0.15, 0.2) is 0 Å². The number of fused-ring (bicyclic) bond motifs is 1. The molecule has 0 radical (unpaired) electrons. The molecule has 1 aromatic carbocycles. The summed E-state index contributed by atoms with van der Waals surface area (Å²) in [6, 6.07) is 6.14. The number of hydrogen-bond acceptors (Lipinski definition) is 3. The molecule has 3 nitrogen and oxygen atoms in total. The van der Waals surface area contributed by atoms with Crippen molar-refractivity contribution >= 4 is 11.4 Å². The molecule has 16 heavy (non-hydrogen) atoms. The third-order valence-corrected chi connectivity index (χ3v) is 3.72. The molecular weight excluding hydrogens is 200 g/mol. The maximum atomic E-state index is 10.1. The first kappa shape index (κ1) is 9.82. The molecule has 1 heterocycles. The maximum absolute atomic E-state index is 10.1. The first-order valence-electron chi connectivity index (χ1n) is 5.99. The van der Waals surface area contributed by atoms with Crippen molar-refractivity contribution in [3.63, 3.8) is 0 Å². The van der Waals surface area contributed by atoms with Crippen molar-refractivity contribution in [1.29, 1.82) is 0 Å². The number of benzene rings is 1. The van der Waals surface area contributed by atoms with Gasteiger partial charge >= 0.3 is 0 Å². The minimum Gasteiger partial charge on any atom is -0.506 e. The molecule has 1 saturated carbocycles. The zero-order chi connectivity index (χ0) is 11.3. The molecule has 1 aromatic rings. The molecule has 1 aliphatic carbocycles. The summed E-state index contributed by atoms with van der Waals surface area (Å²) < 4.78 is 0. The van der Waals surface area contributed by atoms with Gasteiger partial charge < -0.3 is 15.3 Å². The second kappa shape index (κ2) is 3.06. The van der Waals surface area contributed by atoms with Crippen LogP contribution >= 0.6 is 0 Å². The van der Waals surface area contributed by atoms with Gasteiger partial charge in [-0.05, 0) is 38.8 Å². The highest BCUT2D eigenvalue weighted by atomic mass is 16.3. The second-order valence-corrected chi connectivity index (χ2v) is 5.21. The van der Waals surface area contributed by atoms with Crippen LogP contribution in [0.1, 0.15) is 26.7 Å². The fourth-order valence-electron chi connectivity index (χ4n) is 2.88. The summed E-state index contributed by atoms with van der Waals surface area (Å²) in [7, 11) is 0. The smallest absolute Gasteiger partial charge is 0.141 e. The van der Waals surface area contributed by atoms with E-state index in [1.807, 2.05) is 12.1 Å². The van der Waals surface area contributed by atoms with Gasteiger partial charge in [-0.3, -0.25) is 0 Å². The van der Waals surface area contributed by atoms with E-state index in [9.17, 15) is 5.11 Å². The Balaban J connectivity index is 2.14. The predicted molar refractivity (Wildman–Crippen MR) is 66.2 cm³/mol. The number of para-hydroxylation sites is 1. The van der Waals surface area contributed by atoms with E-state index in [-0.39, 0.29) is 5.54 Å². The number of phenolic OH excluding ortho intramolecular Hbond substituents is 1. The Bertz CT molecular complexity index is 424. The van der Waals surface area contributed by atoms with E-state index in [0.717, 1.165) is 17.9 Å². The maximum Gasteiger partial charge on any atom is 0.141 e. The lowest BCUT2D eigenvalue weighted by atomic mass is 10.0. The number of hydrogen-bond donors (Lipinski definition) is 2. The monoisotopic (exact) mass is 218 g/mol. The van der Waals surface area contributed by atoms with Crippen LogP contribution in [0.4, 0.5) is 11.4 Å². The van der Waals surface area contributed by atoms with Crippen LogP contribution in [0, 0.1) is 0 Å². The summed E-state index contributed by atoms with van der Waals surface area (Å²) in [5, 5.41) is 13.5. The first-order chi connectivity index (χ1) is 7.64. The third-order valence-electron chi connectivity index (χ3n) is 3.72. The van der Waals surface area contributed by atoms with Gasteiger partial charge in [0.25, 0.3) is 0 Å². The Labute approximate surface area is 96.1 Å². The lowest BCUT2D eigenvalue weighted by Crippen LogP contribution is -2.49. The average molecular weight is 218 g/mol. The number of nitrogens with zero attached hydrogens (tertiary/aromatic N) is 1. The molecule has 3 rings (SSSR count). The molecule has 0 amide bonds. The molecule has 0 aromatic heterocycles. The molecule has 0 unspecified atom stereocenters. The lowest BCUT2D eigenvalue weighted by Gasteiger charge is -2.43. The Hall–Kier alpha value is -1.38. The number of nitrogens with one attached hydrogen (secondary N) is 1. The van der Waals surface area contributed by atoms with Crippen LogP contribution in [-0.4, -0.2) is 23.2 Å². The molecule has 1 aliphatic heterocycles. The van der Waals surface area contributed by atoms with E-state index in [1.54, 1.807) is 6.07 Å². The van der Waals surface area contributed by atoms with E-state index in [4.69, 9.17) is 0 Å². The van der Waals surface area contributed by atoms with Gasteiger partial charge in [0.05, 0.1) is 11.2 Å². The van der Waals surface area contributed by atoms with Crippen molar-refractivity contribution < 1.29 is 5.11 Å². The number of anilines is 2. The molecule has 0 saturated heterocycles. The largest absolute Gasteiger partial charge is 0.506 e. The van der Waals surface area contributed by atoms with Crippen LogP contribution in [0.2, 0.25) is 0 Å². The van der Waals surface area contributed by atoms with E-state index in [2.05, 4.69) is 24.1 Å². The van der Waals surface area contributed by atoms with Gasteiger partial charge in [-0.2, -0.15) is 0 Å². The van der Waals surface area contributed by atoms with E-state index >= 15 is 0 Å². The highest BCUT2D eigenvalue weighted by Gasteiger charge is 2.52. The van der Waals surface area contributed by atoms with Crippen LogP contribution in [0.25, 0.3) is 0 Å². The van der Waals surface area contributed by atoms with Crippen LogP contribution < -0.4 is 10.2 Å². The second-order valence-electron chi connectivity index (χ2n) is 5.21. The van der Waals surface area contributed by atoms with Crippen LogP contribution in [0.5, 0.6) is 5.75 Å². The molecule has 0 atom stereocenters. The van der Waals surface area contributed by atoms with Crippen LogP contribution in [0.15, 0.2) is 18.2 Å². The van der Waals surface area contributed by atoms with E-state index < -0.39 is 0 Å². The molecular formula is C13H18N2O. The minimum atomic E-state index is 0.264. The third kappa shape index (κ3) is 1.20. The number of rotatable bonds is 1. The van der Waals surface area contributed by atoms with Crippen molar-refractivity contribution in [2.75, 3.05) is 16.8 Å². The van der Waals surface area contributed by atoms with E-state index in [1.165, 1.54) is 12.8 Å². The summed E-state index contributed by atoms with van der Waals surface area (Å²) in [6.07, 6.45) is 2.46. The van der Waals surface area contributed by atoms with Gasteiger partial charge in [0.1, 0.15) is 11.4 Å². The van der Waals surface area contributed by atoms with Crippen molar-refractivity contribution in [1.82, 2.24) is 0 Å². The van der Waals surface area contributed by atoms with Gasteiger partial charge in [0, 0.05) is 12.6 Å². The molecule has 0 bridgehead atoms. The molecule has 1 fully saturated rings. The first-order valence-corrected chi connectivity index (χ1v) is 5.99. The lowest BCUT2D eigenvalue weighted by molar-refractivity contribution is 0.459. The van der Waals surface area contributed by atoms with Crippen molar-refractivity contribution in [3.8, 4) is 5.75 Å². The zero-order valence-electron chi connectivity index (χ0n) is 9.83. The standard InChI is InChI=1S/C13H18N2O/c1-9(2)15-12-10(4-3-5-11(12)16)14-8-13(15)6-7-13/h3-5,9,14,16H,6-8H2,1-2H3. The quantitative estimate of drug-likeness (QED) is 0.760. The fourth-order valence-corrected chi connectivity index (χ4v) is 2.88. The van der Waals surface area contributed by atoms with Gasteiger partial charge in [-0.1, -0.05) is 6.07 Å². The van der Waals surface area contributed by atoms with Crippen LogP contribution in [-0.2, 0) is 0 Å². The molecule has 2 N–H and O–H groups in total. The number of aromatic hydroxyl groups is 1. The van der Waals surface area contributed by atoms with Crippen molar-refractivity contribution in [3.05, 3.63) is 18.2 Å². The van der Waals surface area contributed by atoms with Crippen molar-refractivity contribution in [2.45, 2.75) is 38.3 Å². The molecule has 1 spiro atoms. The van der Waals surface area contributed by atoms with Gasteiger partial charge in [-0.15, -0.1) is 0 Å². The number of phenols is 1. The summed E-state index contributed by atoms with van der Waals surface area (Å²) in [6.45, 7) is 5.39. The minimum absolute atomic E-state index is 0.264. The molecule has 2 aliphatic rings. The summed E-state index contributed by atoms with van der Waals surface area (Å²) in [4.78, 5) is 2.40. The Morgan fingerprint density at radius 2 is 2.12 bits per heavy atom. The highest BCUT2D eigenvalue weighted by molar-refractivity contribution is 5.80. The topological polar surface area (TPSA) is 35.5 Å². The van der Waals surface area contributed by atoms with Gasteiger partial charge in [0.2, 0.25) is 0 Å². The normalized spacial score (nSPS) is 20.8. The van der Waals surface area contributed by atoms with Gasteiger partial charge in [-0.25, -0.2) is 0 Å². The molecule has 3 heteroatoms.